The van der Waals surface area contributed by atoms with Gasteiger partial charge in [0.05, 0.1) is 16.6 Å². The minimum atomic E-state index is -0.888. The monoisotopic (exact) mass is 286 g/mol. The number of hydrogen-bond donors (Lipinski definition) is 1. The Morgan fingerprint density at radius 3 is 2.57 bits per heavy atom. The van der Waals surface area contributed by atoms with E-state index in [1.807, 2.05) is 6.07 Å². The second kappa shape index (κ2) is 4.58. The van der Waals surface area contributed by atoms with E-state index in [9.17, 15) is 9.90 Å². The van der Waals surface area contributed by atoms with Crippen LogP contribution in [0.5, 0.6) is 0 Å². The molecule has 1 aromatic heterocycles. The molecule has 1 saturated carbocycles. The molecule has 1 heterocycles. The summed E-state index contributed by atoms with van der Waals surface area (Å²) >= 11 is 0. The summed E-state index contributed by atoms with van der Waals surface area (Å²) in [6.07, 6.45) is 2.51. The Morgan fingerprint density at radius 2 is 2.05 bits per heavy atom. The molecular weight excluding hydrogens is 264 g/mol. The van der Waals surface area contributed by atoms with Crippen LogP contribution in [0.4, 0.5) is 0 Å². The van der Waals surface area contributed by atoms with Crippen molar-refractivity contribution in [2.75, 3.05) is 0 Å². The predicted octanol–water partition coefficient (Wildman–Crippen LogP) is 4.00. The summed E-state index contributed by atoms with van der Waals surface area (Å²) in [4.78, 5) is 16.0. The lowest BCUT2D eigenvalue weighted by atomic mass is 9.95. The third kappa shape index (κ3) is 2.43. The maximum absolute atomic E-state index is 11.2. The second-order valence-corrected chi connectivity index (χ2v) is 7.14. The average molecular weight is 286 g/mol. The molecule has 0 radical (unpaired) electrons. The standard InChI is InChI=1S/C17H22N2O2/c1-10(11-5-6-11)19-14-9-12(15(20)21)7-8-13(14)18-16(19)17(2,3)4/h7-11H,5-6H2,1-4H3,(H,20,21). The fraction of sp³-hybridized carbons (Fsp3) is 0.529. The van der Waals surface area contributed by atoms with Gasteiger partial charge in [-0.05, 0) is 43.9 Å². The third-order valence-electron chi connectivity index (χ3n) is 4.32. The van der Waals surface area contributed by atoms with Gasteiger partial charge in [0.15, 0.2) is 0 Å². The Morgan fingerprint density at radius 1 is 1.38 bits per heavy atom. The molecule has 21 heavy (non-hydrogen) atoms. The highest BCUT2D eigenvalue weighted by Gasteiger charge is 2.34. The summed E-state index contributed by atoms with van der Waals surface area (Å²) in [6.45, 7) is 8.69. The van der Waals surface area contributed by atoms with Crippen LogP contribution in [-0.4, -0.2) is 20.6 Å². The molecule has 1 N–H and O–H groups in total. The van der Waals surface area contributed by atoms with Crippen LogP contribution in [0.1, 0.15) is 62.8 Å². The maximum Gasteiger partial charge on any atom is 0.335 e. The number of aromatic nitrogens is 2. The number of carbonyl (C=O) groups is 1. The zero-order valence-corrected chi connectivity index (χ0v) is 13.1. The fourth-order valence-electron chi connectivity index (χ4n) is 2.96. The van der Waals surface area contributed by atoms with E-state index in [0.717, 1.165) is 16.9 Å². The molecule has 1 atom stereocenters. The topological polar surface area (TPSA) is 55.1 Å². The third-order valence-corrected chi connectivity index (χ3v) is 4.32. The number of carboxylic acid groups (broad SMARTS) is 1. The van der Waals surface area contributed by atoms with E-state index < -0.39 is 5.97 Å². The summed E-state index contributed by atoms with van der Waals surface area (Å²) in [5, 5.41) is 9.23. The van der Waals surface area contributed by atoms with Crippen molar-refractivity contribution >= 4 is 17.0 Å². The van der Waals surface area contributed by atoms with E-state index in [0.29, 0.717) is 17.5 Å². The fourth-order valence-corrected chi connectivity index (χ4v) is 2.96. The molecule has 4 heteroatoms. The molecule has 4 nitrogen and oxygen atoms in total. The number of imidazole rings is 1. The lowest BCUT2D eigenvalue weighted by molar-refractivity contribution is 0.0697. The first-order chi connectivity index (χ1) is 9.79. The van der Waals surface area contributed by atoms with Gasteiger partial charge in [-0.3, -0.25) is 0 Å². The van der Waals surface area contributed by atoms with Gasteiger partial charge in [0.25, 0.3) is 0 Å². The maximum atomic E-state index is 11.2. The molecule has 0 aliphatic heterocycles. The van der Waals surface area contributed by atoms with Crippen molar-refractivity contribution in [3.63, 3.8) is 0 Å². The lowest BCUT2D eigenvalue weighted by Crippen LogP contribution is -2.22. The number of fused-ring (bicyclic) bond motifs is 1. The Bertz CT molecular complexity index is 705. The van der Waals surface area contributed by atoms with Gasteiger partial charge in [0.1, 0.15) is 5.82 Å². The van der Waals surface area contributed by atoms with E-state index in [1.165, 1.54) is 12.8 Å². The summed E-state index contributed by atoms with van der Waals surface area (Å²) in [6, 6.07) is 5.59. The van der Waals surface area contributed by atoms with Crippen LogP contribution in [0.2, 0.25) is 0 Å². The van der Waals surface area contributed by atoms with Crippen molar-refractivity contribution in [1.29, 1.82) is 0 Å². The van der Waals surface area contributed by atoms with Crippen LogP contribution in [0.25, 0.3) is 11.0 Å². The molecule has 0 amide bonds. The first kappa shape index (κ1) is 14.1. The van der Waals surface area contributed by atoms with E-state index in [1.54, 1.807) is 12.1 Å². The highest BCUT2D eigenvalue weighted by atomic mass is 16.4. The summed E-state index contributed by atoms with van der Waals surface area (Å²) in [7, 11) is 0. The molecule has 2 aromatic rings. The molecule has 1 aromatic carbocycles. The Kier molecular flexibility index (Phi) is 3.08. The van der Waals surface area contributed by atoms with E-state index in [4.69, 9.17) is 4.98 Å². The molecular formula is C17H22N2O2. The van der Waals surface area contributed by atoms with Gasteiger partial charge in [0.2, 0.25) is 0 Å². The SMILES string of the molecule is CC(C1CC1)n1c(C(C)(C)C)nc2ccc(C(=O)O)cc21. The van der Waals surface area contributed by atoms with Crippen LogP contribution in [0.15, 0.2) is 18.2 Å². The molecule has 0 saturated heterocycles. The number of nitrogens with zero attached hydrogens (tertiary/aromatic N) is 2. The zero-order chi connectivity index (χ0) is 15.4. The van der Waals surface area contributed by atoms with Crippen molar-refractivity contribution in [3.05, 3.63) is 29.6 Å². The van der Waals surface area contributed by atoms with Crippen molar-refractivity contribution in [2.24, 2.45) is 5.92 Å². The van der Waals surface area contributed by atoms with Crippen LogP contribution < -0.4 is 0 Å². The second-order valence-electron chi connectivity index (χ2n) is 7.14. The minimum Gasteiger partial charge on any atom is -0.478 e. The van der Waals surface area contributed by atoms with Crippen LogP contribution in [0, 0.1) is 5.92 Å². The van der Waals surface area contributed by atoms with Crippen LogP contribution >= 0.6 is 0 Å². The predicted molar refractivity (Wildman–Crippen MR) is 82.8 cm³/mol. The van der Waals surface area contributed by atoms with Crippen LogP contribution in [-0.2, 0) is 5.41 Å². The van der Waals surface area contributed by atoms with E-state index in [-0.39, 0.29) is 5.41 Å². The van der Waals surface area contributed by atoms with Gasteiger partial charge in [-0.25, -0.2) is 9.78 Å². The number of aromatic carboxylic acids is 1. The summed E-state index contributed by atoms with van der Waals surface area (Å²) in [5.74, 6) is 0.845. The van der Waals surface area contributed by atoms with Gasteiger partial charge >= 0.3 is 5.97 Å². The number of carboxylic acids is 1. The van der Waals surface area contributed by atoms with E-state index >= 15 is 0 Å². The first-order valence-electron chi connectivity index (χ1n) is 7.55. The van der Waals surface area contributed by atoms with Crippen LogP contribution in [0.3, 0.4) is 0 Å². The van der Waals surface area contributed by atoms with Gasteiger partial charge in [0, 0.05) is 11.5 Å². The molecule has 1 aliphatic rings. The van der Waals surface area contributed by atoms with Crippen molar-refractivity contribution in [1.82, 2.24) is 9.55 Å². The van der Waals surface area contributed by atoms with Gasteiger partial charge < -0.3 is 9.67 Å². The Labute approximate surface area is 124 Å². The number of rotatable bonds is 3. The molecule has 0 bridgehead atoms. The van der Waals surface area contributed by atoms with Crippen molar-refractivity contribution < 1.29 is 9.90 Å². The summed E-state index contributed by atoms with van der Waals surface area (Å²) in [5.41, 5.74) is 2.09. The highest BCUT2D eigenvalue weighted by molar-refractivity contribution is 5.92. The minimum absolute atomic E-state index is 0.0639. The summed E-state index contributed by atoms with van der Waals surface area (Å²) < 4.78 is 2.26. The molecule has 1 unspecified atom stereocenters. The smallest absolute Gasteiger partial charge is 0.335 e. The van der Waals surface area contributed by atoms with Crippen molar-refractivity contribution in [3.8, 4) is 0 Å². The molecule has 1 fully saturated rings. The molecule has 112 valence electrons. The quantitative estimate of drug-likeness (QED) is 0.927. The van der Waals surface area contributed by atoms with Crippen molar-refractivity contribution in [2.45, 2.75) is 52.0 Å². The lowest BCUT2D eigenvalue weighted by Gasteiger charge is -2.24. The number of hydrogen-bond acceptors (Lipinski definition) is 2. The number of benzene rings is 1. The normalized spacial score (nSPS) is 17.1. The average Bonchev–Trinajstić information content (AvgIpc) is 3.16. The molecule has 3 rings (SSSR count). The van der Waals surface area contributed by atoms with Gasteiger partial charge in [-0.2, -0.15) is 0 Å². The zero-order valence-electron chi connectivity index (χ0n) is 13.1. The highest BCUT2D eigenvalue weighted by Crippen LogP contribution is 2.42. The molecule has 0 spiro atoms. The van der Waals surface area contributed by atoms with E-state index in [2.05, 4.69) is 32.3 Å². The van der Waals surface area contributed by atoms with Gasteiger partial charge in [-0.1, -0.05) is 20.8 Å². The van der Waals surface area contributed by atoms with Gasteiger partial charge in [-0.15, -0.1) is 0 Å². The largest absolute Gasteiger partial charge is 0.478 e. The Hall–Kier alpha value is -1.84. The molecule has 1 aliphatic carbocycles. The Balaban J connectivity index is 2.26. The first-order valence-corrected chi connectivity index (χ1v) is 7.55.